The second-order valence-corrected chi connectivity index (χ2v) is 3.79. The molecule has 0 saturated heterocycles. The fourth-order valence-electron chi connectivity index (χ4n) is 1.65. The van der Waals surface area contributed by atoms with Gasteiger partial charge in [-0.2, -0.15) is 0 Å². The number of carbonyl (C=O) groups is 1. The summed E-state index contributed by atoms with van der Waals surface area (Å²) in [6.45, 7) is 0. The van der Waals surface area contributed by atoms with Gasteiger partial charge in [-0.25, -0.2) is 4.98 Å². The predicted molar refractivity (Wildman–Crippen MR) is 59.3 cm³/mol. The van der Waals surface area contributed by atoms with E-state index < -0.39 is 24.6 Å². The number of nitrogens with zero attached hydrogens (tertiary/aromatic N) is 1. The Morgan fingerprint density at radius 3 is 2.88 bits per heavy atom. The lowest BCUT2D eigenvalue weighted by Gasteiger charge is -2.16. The van der Waals surface area contributed by atoms with Crippen molar-refractivity contribution < 1.29 is 20.1 Å². The van der Waals surface area contributed by atoms with Crippen LogP contribution in [0.1, 0.15) is 18.1 Å². The summed E-state index contributed by atoms with van der Waals surface area (Å²) in [4.78, 5) is 17.3. The van der Waals surface area contributed by atoms with E-state index in [0.717, 1.165) is 11.0 Å². The molecular formula is C11H12N2O4. The van der Waals surface area contributed by atoms with E-state index >= 15 is 0 Å². The number of aliphatic carboxylic acids is 1. The Morgan fingerprint density at radius 1 is 1.41 bits per heavy atom. The summed E-state index contributed by atoms with van der Waals surface area (Å²) in [6.07, 6.45) is -1.52. The lowest BCUT2D eigenvalue weighted by molar-refractivity contribution is -0.141. The van der Waals surface area contributed by atoms with E-state index in [4.69, 9.17) is 5.11 Å². The van der Waals surface area contributed by atoms with Crippen molar-refractivity contribution >= 4 is 17.0 Å². The molecule has 6 heteroatoms. The number of carboxylic acids is 1. The highest BCUT2D eigenvalue weighted by Gasteiger charge is 2.21. The highest BCUT2D eigenvalue weighted by molar-refractivity contribution is 5.75. The molecule has 0 saturated carbocycles. The van der Waals surface area contributed by atoms with Crippen molar-refractivity contribution in [3.05, 3.63) is 30.1 Å². The average Bonchev–Trinajstić information content (AvgIpc) is 2.73. The van der Waals surface area contributed by atoms with E-state index in [2.05, 4.69) is 9.97 Å². The van der Waals surface area contributed by atoms with Crippen LogP contribution in [0.3, 0.4) is 0 Å². The summed E-state index contributed by atoms with van der Waals surface area (Å²) in [5.41, 5.74) is 1.92. The largest absolute Gasteiger partial charge is 0.481 e. The van der Waals surface area contributed by atoms with Crippen molar-refractivity contribution in [1.82, 2.24) is 9.97 Å². The van der Waals surface area contributed by atoms with Crippen LogP contribution in [-0.4, -0.2) is 37.4 Å². The minimum atomic E-state index is -1.33. The third-order valence-electron chi connectivity index (χ3n) is 2.53. The summed E-state index contributed by atoms with van der Waals surface area (Å²) in [7, 11) is 0. The second kappa shape index (κ2) is 4.52. The highest BCUT2D eigenvalue weighted by Crippen LogP contribution is 2.22. The number of hydrogen-bond acceptors (Lipinski definition) is 4. The maximum Gasteiger partial charge on any atom is 0.306 e. The van der Waals surface area contributed by atoms with Crippen LogP contribution in [-0.2, 0) is 4.79 Å². The van der Waals surface area contributed by atoms with E-state index in [9.17, 15) is 15.0 Å². The van der Waals surface area contributed by atoms with Crippen molar-refractivity contribution in [2.75, 3.05) is 0 Å². The van der Waals surface area contributed by atoms with Crippen LogP contribution < -0.4 is 0 Å². The van der Waals surface area contributed by atoms with Crippen LogP contribution in [0, 0.1) is 0 Å². The molecule has 0 aliphatic carbocycles. The Morgan fingerprint density at radius 2 is 2.18 bits per heavy atom. The van der Waals surface area contributed by atoms with E-state index in [1.54, 1.807) is 18.2 Å². The summed E-state index contributed by atoms with van der Waals surface area (Å²) in [5.74, 6) is -1.15. The monoisotopic (exact) mass is 236 g/mol. The molecule has 0 radical (unpaired) electrons. The fourth-order valence-corrected chi connectivity index (χ4v) is 1.65. The first-order valence-electron chi connectivity index (χ1n) is 5.09. The Kier molecular flexibility index (Phi) is 3.08. The average molecular weight is 236 g/mol. The first kappa shape index (κ1) is 11.6. The number of nitrogens with one attached hydrogen (secondary N) is 1. The van der Waals surface area contributed by atoms with Crippen LogP contribution in [0.15, 0.2) is 24.5 Å². The third kappa shape index (κ3) is 2.43. The van der Waals surface area contributed by atoms with E-state index in [1.165, 1.54) is 6.33 Å². The number of carboxylic acid groups (broad SMARTS) is 1. The maximum atomic E-state index is 10.4. The lowest BCUT2D eigenvalue weighted by atomic mass is 10.0. The van der Waals surface area contributed by atoms with E-state index in [1.807, 2.05) is 0 Å². The van der Waals surface area contributed by atoms with Crippen molar-refractivity contribution in [3.63, 3.8) is 0 Å². The van der Waals surface area contributed by atoms with Gasteiger partial charge >= 0.3 is 5.97 Å². The smallest absolute Gasteiger partial charge is 0.306 e. The molecule has 6 nitrogen and oxygen atoms in total. The summed E-state index contributed by atoms with van der Waals surface area (Å²) >= 11 is 0. The molecule has 1 heterocycles. The van der Waals surface area contributed by atoms with Gasteiger partial charge in [0.25, 0.3) is 0 Å². The Balaban J connectivity index is 2.23. The van der Waals surface area contributed by atoms with Crippen molar-refractivity contribution in [3.8, 4) is 0 Å². The van der Waals surface area contributed by atoms with Gasteiger partial charge in [0.05, 0.1) is 29.9 Å². The molecule has 0 aliphatic heterocycles. The van der Waals surface area contributed by atoms with Gasteiger partial charge in [-0.15, -0.1) is 0 Å². The summed E-state index contributed by atoms with van der Waals surface area (Å²) < 4.78 is 0. The molecule has 0 bridgehead atoms. The second-order valence-electron chi connectivity index (χ2n) is 3.79. The quantitative estimate of drug-likeness (QED) is 0.616. The normalized spacial score (nSPS) is 14.7. The fraction of sp³-hybridized carbons (Fsp3) is 0.273. The zero-order valence-electron chi connectivity index (χ0n) is 8.87. The minimum Gasteiger partial charge on any atom is -0.481 e. The number of rotatable bonds is 4. The number of hydrogen-bond donors (Lipinski definition) is 4. The molecule has 2 atom stereocenters. The van der Waals surface area contributed by atoms with Crippen molar-refractivity contribution in [2.24, 2.45) is 0 Å². The molecule has 1 aromatic carbocycles. The number of aliphatic hydroxyl groups is 2. The van der Waals surface area contributed by atoms with Gasteiger partial charge in [-0.1, -0.05) is 6.07 Å². The number of imidazole rings is 1. The van der Waals surface area contributed by atoms with Crippen LogP contribution in [0.25, 0.3) is 11.0 Å². The van der Waals surface area contributed by atoms with E-state index in [-0.39, 0.29) is 0 Å². The third-order valence-corrected chi connectivity index (χ3v) is 2.53. The SMILES string of the molecule is O=C(O)CC(O)C(O)c1ccc2nc[nH]c2c1. The predicted octanol–water partition coefficient (Wildman–Crippen LogP) is 0.432. The molecular weight excluding hydrogens is 224 g/mol. The zero-order chi connectivity index (χ0) is 12.4. The summed E-state index contributed by atoms with van der Waals surface area (Å²) in [6, 6.07) is 4.94. The Labute approximate surface area is 96.5 Å². The van der Waals surface area contributed by atoms with E-state index in [0.29, 0.717) is 5.56 Å². The molecule has 0 fully saturated rings. The van der Waals surface area contributed by atoms with Crippen LogP contribution in [0.2, 0.25) is 0 Å². The Bertz CT molecular complexity index is 537. The molecule has 4 N–H and O–H groups in total. The number of fused-ring (bicyclic) bond motifs is 1. The number of H-pyrrole nitrogens is 1. The minimum absolute atomic E-state index is 0.454. The maximum absolute atomic E-state index is 10.4. The molecule has 2 unspecified atom stereocenters. The topological polar surface area (TPSA) is 106 Å². The first-order chi connectivity index (χ1) is 8.08. The van der Waals surface area contributed by atoms with Crippen LogP contribution in [0.4, 0.5) is 0 Å². The zero-order valence-corrected chi connectivity index (χ0v) is 8.87. The van der Waals surface area contributed by atoms with Gasteiger partial charge in [-0.3, -0.25) is 4.79 Å². The van der Waals surface area contributed by atoms with Crippen LogP contribution in [0.5, 0.6) is 0 Å². The molecule has 0 amide bonds. The van der Waals surface area contributed by atoms with Crippen LogP contribution >= 0.6 is 0 Å². The van der Waals surface area contributed by atoms with Gasteiger partial charge in [0.1, 0.15) is 6.10 Å². The number of aromatic nitrogens is 2. The van der Waals surface area contributed by atoms with Gasteiger partial charge in [0, 0.05) is 0 Å². The molecule has 2 aromatic rings. The number of aromatic amines is 1. The molecule has 0 spiro atoms. The number of benzene rings is 1. The van der Waals surface area contributed by atoms with Crippen molar-refractivity contribution in [2.45, 2.75) is 18.6 Å². The molecule has 0 aliphatic rings. The van der Waals surface area contributed by atoms with Gasteiger partial charge in [0.2, 0.25) is 0 Å². The molecule has 17 heavy (non-hydrogen) atoms. The Hall–Kier alpha value is -1.92. The lowest BCUT2D eigenvalue weighted by Crippen LogP contribution is -2.21. The molecule has 1 aromatic heterocycles. The van der Waals surface area contributed by atoms with Gasteiger partial charge < -0.3 is 20.3 Å². The number of aliphatic hydroxyl groups excluding tert-OH is 2. The highest BCUT2D eigenvalue weighted by atomic mass is 16.4. The standard InChI is InChI=1S/C11H12N2O4/c14-9(4-10(15)16)11(17)6-1-2-7-8(3-6)13-5-12-7/h1-3,5,9,11,14,17H,4H2,(H,12,13)(H,15,16). The summed E-state index contributed by atoms with van der Waals surface area (Å²) in [5, 5.41) is 27.8. The molecule has 2 rings (SSSR count). The van der Waals surface area contributed by atoms with Gasteiger partial charge in [-0.05, 0) is 17.7 Å². The van der Waals surface area contributed by atoms with Gasteiger partial charge in [0.15, 0.2) is 0 Å². The molecule has 90 valence electrons. The first-order valence-corrected chi connectivity index (χ1v) is 5.09. The van der Waals surface area contributed by atoms with Crippen molar-refractivity contribution in [1.29, 1.82) is 0 Å².